The number of benzene rings is 3. The lowest BCUT2D eigenvalue weighted by Crippen LogP contribution is -2.49. The number of hydrogen-bond donors (Lipinski definition) is 1. The van der Waals surface area contributed by atoms with Crippen molar-refractivity contribution in [1.29, 1.82) is 0 Å². The van der Waals surface area contributed by atoms with Gasteiger partial charge in [0.2, 0.25) is 23.6 Å². The fourth-order valence-corrected chi connectivity index (χ4v) is 8.50. The molecule has 2 aliphatic heterocycles. The summed E-state index contributed by atoms with van der Waals surface area (Å²) in [5.41, 5.74) is -0.0840. The smallest absolute Gasteiger partial charge is 0.241 e. The number of hydrogen-bond acceptors (Lipinski definition) is 7. The van der Waals surface area contributed by atoms with Crippen LogP contribution in [0.25, 0.3) is 0 Å². The summed E-state index contributed by atoms with van der Waals surface area (Å²) in [5, 5.41) is 11.7. The maximum Gasteiger partial charge on any atom is 0.241 e. The second-order valence-electron chi connectivity index (χ2n) is 12.5. The van der Waals surface area contributed by atoms with Crippen molar-refractivity contribution in [1.82, 2.24) is 0 Å². The topological polar surface area (TPSA) is 113 Å². The quantitative estimate of drug-likeness (QED) is 0.249. The first-order chi connectivity index (χ1) is 22.4. The van der Waals surface area contributed by atoms with Crippen molar-refractivity contribution in [2.75, 3.05) is 24.0 Å². The Hall–Kier alpha value is -4.41. The fraction of sp³-hybridized carbons (Fsp3) is 0.314. The minimum atomic E-state index is -1.48. The molecule has 9 nitrogen and oxygen atoms in total. The Labute approximate surface area is 279 Å². The summed E-state index contributed by atoms with van der Waals surface area (Å²) in [6.45, 7) is 1.67. The molecule has 6 unspecified atom stereocenters. The normalized spacial score (nSPS) is 28.2. The largest absolute Gasteiger partial charge is 0.507 e. The minimum absolute atomic E-state index is 0.0860. The molecule has 3 fully saturated rings. The zero-order valence-corrected chi connectivity index (χ0v) is 27.0. The maximum atomic E-state index is 14.6. The molecule has 7 rings (SSSR count). The number of aromatic hydroxyl groups is 1. The monoisotopic (exact) mass is 678 g/mol. The highest BCUT2D eigenvalue weighted by atomic mass is 35.5. The Morgan fingerprint density at radius 1 is 0.872 bits per heavy atom. The third-order valence-corrected chi connectivity index (χ3v) is 10.9. The summed E-state index contributed by atoms with van der Waals surface area (Å²) < 4.78 is 25.2. The summed E-state index contributed by atoms with van der Waals surface area (Å²) in [7, 11) is 2.85. The molecule has 6 atom stereocenters. The number of phenolic OH excluding ortho intramolecular Hbond substituents is 1. The molecule has 1 saturated carbocycles. The first-order valence-corrected chi connectivity index (χ1v) is 15.8. The highest BCUT2D eigenvalue weighted by Crippen LogP contribution is 2.65. The number of amides is 4. The number of halogens is 3. The van der Waals surface area contributed by atoms with E-state index in [2.05, 4.69) is 0 Å². The first-order valence-electron chi connectivity index (χ1n) is 15.0. The van der Waals surface area contributed by atoms with Gasteiger partial charge < -0.3 is 14.6 Å². The number of methoxy groups -OCH3 is 2. The van der Waals surface area contributed by atoms with Crippen LogP contribution >= 0.6 is 23.2 Å². The number of carbonyl (C=O) groups is 4. The lowest BCUT2D eigenvalue weighted by Gasteiger charge is -2.49. The van der Waals surface area contributed by atoms with E-state index in [4.69, 9.17) is 32.7 Å². The lowest BCUT2D eigenvalue weighted by molar-refractivity contribution is -0.131. The maximum absolute atomic E-state index is 14.6. The number of nitrogens with zero attached hydrogens (tertiary/aromatic N) is 2. The van der Waals surface area contributed by atoms with Crippen LogP contribution in [0.1, 0.15) is 31.2 Å². The average Bonchev–Trinajstić information content (AvgIpc) is 3.42. The number of anilines is 2. The molecule has 3 aromatic rings. The van der Waals surface area contributed by atoms with E-state index in [9.17, 15) is 28.7 Å². The number of fused-ring (bicyclic) bond motifs is 4. The Bertz CT molecular complexity index is 1910. The van der Waals surface area contributed by atoms with E-state index >= 15 is 0 Å². The van der Waals surface area contributed by atoms with E-state index < -0.39 is 58.5 Å². The van der Waals surface area contributed by atoms with E-state index in [0.717, 1.165) is 11.0 Å². The molecular formula is C35H29Cl2FN2O7. The van der Waals surface area contributed by atoms with Crippen molar-refractivity contribution in [3.63, 3.8) is 0 Å². The van der Waals surface area contributed by atoms with E-state index in [-0.39, 0.29) is 46.5 Å². The van der Waals surface area contributed by atoms with Crippen molar-refractivity contribution in [3.8, 4) is 17.2 Å². The molecule has 1 N–H and O–H groups in total. The predicted octanol–water partition coefficient (Wildman–Crippen LogP) is 6.29. The molecule has 12 heteroatoms. The first kappa shape index (κ1) is 31.2. The summed E-state index contributed by atoms with van der Waals surface area (Å²) >= 11 is 12.1. The summed E-state index contributed by atoms with van der Waals surface area (Å²) in [6.07, 6.45) is 2.16. The van der Waals surface area contributed by atoms with Gasteiger partial charge in [0, 0.05) is 28.6 Å². The highest BCUT2D eigenvalue weighted by molar-refractivity contribution is 6.32. The standard InChI is InChI=1S/C35H29Cl2FN2O7/c1-35-23(32(43)40(34(35)45)18-8-11-25(38)24(37)12-18)15-22-20(30(35)29-26(41)13-19(46-2)14-27(29)47-3)9-10-21-28(22)33(44)39(31(21)42)17-6-4-16(36)5-7-17/h4-9,11-14,21-23,28,30,41H,10,15H2,1-3H3. The minimum Gasteiger partial charge on any atom is -0.507 e. The van der Waals surface area contributed by atoms with Gasteiger partial charge in [-0.3, -0.25) is 24.1 Å². The molecule has 2 heterocycles. The Morgan fingerprint density at radius 2 is 1.57 bits per heavy atom. The van der Waals surface area contributed by atoms with Crippen LogP contribution < -0.4 is 19.3 Å². The molecule has 0 radical (unpaired) electrons. The van der Waals surface area contributed by atoms with Crippen LogP contribution in [-0.2, 0) is 19.2 Å². The number of carbonyl (C=O) groups excluding carboxylic acids is 4. The van der Waals surface area contributed by atoms with Crippen molar-refractivity contribution in [2.45, 2.75) is 25.7 Å². The van der Waals surface area contributed by atoms with Gasteiger partial charge in [0.15, 0.2) is 0 Å². The molecule has 0 aromatic heterocycles. The summed E-state index contributed by atoms with van der Waals surface area (Å²) in [6, 6.07) is 13.0. The van der Waals surface area contributed by atoms with Crippen molar-refractivity contribution in [3.05, 3.63) is 87.7 Å². The van der Waals surface area contributed by atoms with Gasteiger partial charge in [-0.2, -0.15) is 0 Å². The molecular weight excluding hydrogens is 650 g/mol. The van der Waals surface area contributed by atoms with Gasteiger partial charge >= 0.3 is 0 Å². The lowest BCUT2D eigenvalue weighted by atomic mass is 9.51. The Kier molecular flexibility index (Phi) is 7.37. The van der Waals surface area contributed by atoms with Crippen LogP contribution in [0.3, 0.4) is 0 Å². The van der Waals surface area contributed by atoms with Gasteiger partial charge in [0.25, 0.3) is 0 Å². The summed E-state index contributed by atoms with van der Waals surface area (Å²) in [5.74, 6) is -6.38. The van der Waals surface area contributed by atoms with Crippen LogP contribution in [0.5, 0.6) is 17.2 Å². The second kappa shape index (κ2) is 11.1. The van der Waals surface area contributed by atoms with Gasteiger partial charge in [0.1, 0.15) is 23.1 Å². The predicted molar refractivity (Wildman–Crippen MR) is 171 cm³/mol. The zero-order valence-electron chi connectivity index (χ0n) is 25.5. The molecule has 0 spiro atoms. The number of allylic oxidation sites excluding steroid dienone is 2. The van der Waals surface area contributed by atoms with Crippen LogP contribution in [0.4, 0.5) is 15.8 Å². The van der Waals surface area contributed by atoms with Crippen LogP contribution in [0.15, 0.2) is 66.2 Å². The van der Waals surface area contributed by atoms with Gasteiger partial charge in [-0.05, 0) is 68.1 Å². The van der Waals surface area contributed by atoms with Crippen molar-refractivity contribution in [2.24, 2.45) is 29.1 Å². The van der Waals surface area contributed by atoms with E-state index in [0.29, 0.717) is 22.0 Å². The molecule has 4 amide bonds. The molecule has 3 aromatic carbocycles. The SMILES string of the molecule is COc1cc(O)c(C2C3=CCC4C(=O)N(c5ccc(Cl)cc5)C(=O)C4C3CC3C(=O)N(c4ccc(F)c(Cl)c4)C(=O)C32C)c(OC)c1. The van der Waals surface area contributed by atoms with Gasteiger partial charge in [0.05, 0.1) is 53.8 Å². The van der Waals surface area contributed by atoms with Crippen molar-refractivity contribution < 1.29 is 38.1 Å². The Morgan fingerprint density at radius 3 is 2.23 bits per heavy atom. The van der Waals surface area contributed by atoms with E-state index in [1.165, 1.54) is 37.3 Å². The van der Waals surface area contributed by atoms with Gasteiger partial charge in [-0.1, -0.05) is 34.9 Å². The van der Waals surface area contributed by atoms with E-state index in [1.807, 2.05) is 6.08 Å². The molecule has 2 saturated heterocycles. The van der Waals surface area contributed by atoms with Gasteiger partial charge in [-0.15, -0.1) is 0 Å². The third-order valence-electron chi connectivity index (χ3n) is 10.4. The van der Waals surface area contributed by atoms with Crippen molar-refractivity contribution >= 4 is 58.2 Å². The van der Waals surface area contributed by atoms with E-state index in [1.54, 1.807) is 37.3 Å². The molecule has 0 bridgehead atoms. The number of imide groups is 2. The number of rotatable bonds is 5. The Balaban J connectivity index is 1.41. The van der Waals surface area contributed by atoms with Crippen LogP contribution in [0, 0.1) is 34.9 Å². The molecule has 242 valence electrons. The highest BCUT2D eigenvalue weighted by Gasteiger charge is 2.68. The molecule has 47 heavy (non-hydrogen) atoms. The summed E-state index contributed by atoms with van der Waals surface area (Å²) in [4.78, 5) is 59.2. The fourth-order valence-electron chi connectivity index (χ4n) is 8.20. The third kappa shape index (κ3) is 4.41. The number of ether oxygens (including phenoxy) is 2. The van der Waals surface area contributed by atoms with Crippen LogP contribution in [0.2, 0.25) is 10.0 Å². The average molecular weight is 680 g/mol. The number of phenols is 1. The zero-order chi connectivity index (χ0) is 33.5. The molecule has 4 aliphatic rings. The van der Waals surface area contributed by atoms with Gasteiger partial charge in [-0.25, -0.2) is 9.29 Å². The van der Waals surface area contributed by atoms with Crippen LogP contribution in [-0.4, -0.2) is 43.0 Å². The molecule has 2 aliphatic carbocycles. The second-order valence-corrected chi connectivity index (χ2v) is 13.4.